The highest BCUT2D eigenvalue weighted by atomic mass is 15.0. The summed E-state index contributed by atoms with van der Waals surface area (Å²) in [5.41, 5.74) is 4.34. The normalized spacial score (nSPS) is 24.3. The Morgan fingerprint density at radius 3 is 2.76 bits per heavy atom. The number of fused-ring (bicyclic) bond motifs is 3. The van der Waals surface area contributed by atoms with Gasteiger partial charge in [0, 0.05) is 28.7 Å². The summed E-state index contributed by atoms with van der Waals surface area (Å²) in [5.74, 6) is 0.889. The topological polar surface area (TPSA) is 27.8 Å². The summed E-state index contributed by atoms with van der Waals surface area (Å²) in [5, 5.41) is 5.38. The van der Waals surface area contributed by atoms with Crippen molar-refractivity contribution >= 4 is 10.9 Å². The van der Waals surface area contributed by atoms with E-state index in [0.717, 1.165) is 5.92 Å². The van der Waals surface area contributed by atoms with Crippen molar-refractivity contribution in [1.29, 1.82) is 0 Å². The number of aromatic amines is 1. The fourth-order valence-electron chi connectivity index (χ4n) is 4.49. The van der Waals surface area contributed by atoms with Gasteiger partial charge in [0.15, 0.2) is 0 Å². The minimum absolute atomic E-state index is 0.525. The molecule has 21 heavy (non-hydrogen) atoms. The molecular weight excluding hydrogens is 256 g/mol. The van der Waals surface area contributed by atoms with Crippen LogP contribution in [0.5, 0.6) is 0 Å². The first-order chi connectivity index (χ1) is 10.3. The third kappa shape index (κ3) is 2.40. The van der Waals surface area contributed by atoms with Crippen molar-refractivity contribution in [2.24, 2.45) is 5.92 Å². The second-order valence-electron chi connectivity index (χ2n) is 7.01. The Balaban J connectivity index is 1.60. The van der Waals surface area contributed by atoms with E-state index in [9.17, 15) is 0 Å². The first-order valence-electron chi connectivity index (χ1n) is 8.68. The standard InChI is InChI=1S/C19H26N2/c1-13(14-7-2-3-8-14)20-18-12-6-10-16-15-9-4-5-11-17(15)21-19(16)18/h4-5,9,11,13-14,18,20-21H,2-3,6-8,10,12H2,1H3/t13-,18?/m1/s1. The van der Waals surface area contributed by atoms with E-state index >= 15 is 0 Å². The van der Waals surface area contributed by atoms with Crippen molar-refractivity contribution in [3.8, 4) is 0 Å². The molecule has 2 N–H and O–H groups in total. The lowest BCUT2D eigenvalue weighted by Gasteiger charge is -2.30. The number of aryl methyl sites for hydroxylation is 1. The zero-order valence-electron chi connectivity index (χ0n) is 13.0. The molecule has 2 heteroatoms. The Bertz CT molecular complexity index is 622. The lowest BCUT2D eigenvalue weighted by atomic mass is 9.90. The van der Waals surface area contributed by atoms with E-state index in [4.69, 9.17) is 0 Å². The summed E-state index contributed by atoms with van der Waals surface area (Å²) in [7, 11) is 0. The third-order valence-corrected chi connectivity index (χ3v) is 5.69. The van der Waals surface area contributed by atoms with Crippen LogP contribution in [0.3, 0.4) is 0 Å². The maximum atomic E-state index is 3.95. The second-order valence-corrected chi connectivity index (χ2v) is 7.01. The van der Waals surface area contributed by atoms with E-state index < -0.39 is 0 Å². The lowest BCUT2D eigenvalue weighted by molar-refractivity contribution is 0.322. The molecule has 2 aliphatic carbocycles. The van der Waals surface area contributed by atoms with E-state index in [0.29, 0.717) is 12.1 Å². The summed E-state index contributed by atoms with van der Waals surface area (Å²) in [6.07, 6.45) is 9.51. The van der Waals surface area contributed by atoms with E-state index in [2.05, 4.69) is 41.5 Å². The molecule has 1 heterocycles. The van der Waals surface area contributed by atoms with E-state index in [-0.39, 0.29) is 0 Å². The molecule has 1 fully saturated rings. The SMILES string of the molecule is C[C@@H](NC1CCCc2c1[nH]c1ccccc21)C1CCCC1. The zero-order valence-corrected chi connectivity index (χ0v) is 13.0. The molecule has 1 aromatic heterocycles. The monoisotopic (exact) mass is 282 g/mol. The molecule has 0 saturated heterocycles. The van der Waals surface area contributed by atoms with Gasteiger partial charge < -0.3 is 10.3 Å². The molecule has 0 bridgehead atoms. The van der Waals surface area contributed by atoms with E-state index in [1.165, 1.54) is 61.5 Å². The first-order valence-corrected chi connectivity index (χ1v) is 8.68. The predicted molar refractivity (Wildman–Crippen MR) is 88.5 cm³/mol. The second kappa shape index (κ2) is 5.49. The van der Waals surface area contributed by atoms with Crippen LogP contribution in [0.4, 0.5) is 0 Å². The van der Waals surface area contributed by atoms with Gasteiger partial charge in [0.25, 0.3) is 0 Å². The minimum atomic E-state index is 0.525. The molecule has 4 rings (SSSR count). The molecule has 0 spiro atoms. The van der Waals surface area contributed by atoms with Crippen molar-refractivity contribution in [3.63, 3.8) is 0 Å². The molecule has 0 radical (unpaired) electrons. The predicted octanol–water partition coefficient (Wildman–Crippen LogP) is 4.71. The number of nitrogens with one attached hydrogen (secondary N) is 2. The summed E-state index contributed by atoms with van der Waals surface area (Å²) < 4.78 is 0. The molecule has 1 aromatic carbocycles. The van der Waals surface area contributed by atoms with Gasteiger partial charge in [-0.15, -0.1) is 0 Å². The smallest absolute Gasteiger partial charge is 0.0478 e. The number of hydrogen-bond acceptors (Lipinski definition) is 1. The highest BCUT2D eigenvalue weighted by Gasteiger charge is 2.28. The molecule has 1 saturated carbocycles. The Morgan fingerprint density at radius 1 is 1.10 bits per heavy atom. The molecule has 112 valence electrons. The Hall–Kier alpha value is -1.28. The van der Waals surface area contributed by atoms with Crippen LogP contribution in [0, 0.1) is 5.92 Å². The number of hydrogen-bond donors (Lipinski definition) is 2. The molecule has 0 aliphatic heterocycles. The Labute approximate surface area is 127 Å². The highest BCUT2D eigenvalue weighted by Crippen LogP contribution is 2.36. The van der Waals surface area contributed by atoms with Gasteiger partial charge in [0.05, 0.1) is 0 Å². The first kappa shape index (κ1) is 13.4. The average molecular weight is 282 g/mol. The number of rotatable bonds is 3. The maximum absolute atomic E-state index is 3.95. The van der Waals surface area contributed by atoms with E-state index in [1.807, 2.05) is 0 Å². The van der Waals surface area contributed by atoms with Crippen LogP contribution < -0.4 is 5.32 Å². The van der Waals surface area contributed by atoms with Gasteiger partial charge in [-0.25, -0.2) is 0 Å². The van der Waals surface area contributed by atoms with Crippen molar-refractivity contribution in [2.45, 2.75) is 64.0 Å². The molecule has 2 atom stereocenters. The van der Waals surface area contributed by atoms with Gasteiger partial charge in [0.1, 0.15) is 0 Å². The van der Waals surface area contributed by atoms with Gasteiger partial charge in [-0.2, -0.15) is 0 Å². The van der Waals surface area contributed by atoms with Gasteiger partial charge >= 0.3 is 0 Å². The zero-order chi connectivity index (χ0) is 14.2. The van der Waals surface area contributed by atoms with Gasteiger partial charge in [-0.1, -0.05) is 31.0 Å². The van der Waals surface area contributed by atoms with Crippen molar-refractivity contribution in [1.82, 2.24) is 10.3 Å². The minimum Gasteiger partial charge on any atom is -0.357 e. The average Bonchev–Trinajstić information content (AvgIpc) is 3.15. The van der Waals surface area contributed by atoms with Gasteiger partial charge in [0.2, 0.25) is 0 Å². The summed E-state index contributed by atoms with van der Waals surface area (Å²) in [6, 6.07) is 9.95. The molecule has 0 amide bonds. The highest BCUT2D eigenvalue weighted by molar-refractivity contribution is 5.85. The number of H-pyrrole nitrogens is 1. The van der Waals surface area contributed by atoms with Crippen LogP contribution in [0.1, 0.15) is 62.7 Å². The molecule has 2 aliphatic rings. The quantitative estimate of drug-likeness (QED) is 0.838. The van der Waals surface area contributed by atoms with Crippen LogP contribution in [0.25, 0.3) is 10.9 Å². The van der Waals surface area contributed by atoms with Crippen LogP contribution >= 0.6 is 0 Å². The lowest BCUT2D eigenvalue weighted by Crippen LogP contribution is -2.37. The fraction of sp³-hybridized carbons (Fsp3) is 0.579. The van der Waals surface area contributed by atoms with Crippen LogP contribution in [0.2, 0.25) is 0 Å². The van der Waals surface area contributed by atoms with Crippen molar-refractivity contribution in [2.75, 3.05) is 0 Å². The number of para-hydroxylation sites is 1. The maximum Gasteiger partial charge on any atom is 0.0478 e. The molecule has 1 unspecified atom stereocenters. The number of benzene rings is 1. The van der Waals surface area contributed by atoms with Gasteiger partial charge in [-0.05, 0) is 56.6 Å². The van der Waals surface area contributed by atoms with Crippen LogP contribution in [-0.2, 0) is 6.42 Å². The Morgan fingerprint density at radius 2 is 1.90 bits per heavy atom. The number of aromatic nitrogens is 1. The van der Waals surface area contributed by atoms with Crippen molar-refractivity contribution in [3.05, 3.63) is 35.5 Å². The Kier molecular flexibility index (Phi) is 3.50. The molecule has 2 nitrogen and oxygen atoms in total. The fourth-order valence-corrected chi connectivity index (χ4v) is 4.49. The van der Waals surface area contributed by atoms with Gasteiger partial charge in [-0.3, -0.25) is 0 Å². The van der Waals surface area contributed by atoms with E-state index in [1.54, 1.807) is 5.56 Å². The van der Waals surface area contributed by atoms with Crippen LogP contribution in [-0.4, -0.2) is 11.0 Å². The summed E-state index contributed by atoms with van der Waals surface area (Å²) in [6.45, 7) is 2.40. The summed E-state index contributed by atoms with van der Waals surface area (Å²) >= 11 is 0. The molecule has 2 aromatic rings. The van der Waals surface area contributed by atoms with Crippen LogP contribution in [0.15, 0.2) is 24.3 Å². The largest absolute Gasteiger partial charge is 0.357 e. The van der Waals surface area contributed by atoms with Crippen molar-refractivity contribution < 1.29 is 0 Å². The third-order valence-electron chi connectivity index (χ3n) is 5.69. The molecular formula is C19H26N2. The summed E-state index contributed by atoms with van der Waals surface area (Å²) in [4.78, 5) is 3.70.